The van der Waals surface area contributed by atoms with Crippen LogP contribution < -0.4 is 4.74 Å². The summed E-state index contributed by atoms with van der Waals surface area (Å²) >= 11 is 0. The van der Waals surface area contributed by atoms with Gasteiger partial charge in [0, 0.05) is 6.42 Å². The smallest absolute Gasteiger partial charge is 0.123 e. The van der Waals surface area contributed by atoms with E-state index in [2.05, 4.69) is 0 Å². The van der Waals surface area contributed by atoms with Crippen LogP contribution in [0.3, 0.4) is 0 Å². The second-order valence-electron chi connectivity index (χ2n) is 5.80. The number of methoxy groups -OCH3 is 1. The Bertz CT molecular complexity index is 681. The van der Waals surface area contributed by atoms with E-state index in [-0.39, 0.29) is 5.82 Å². The van der Waals surface area contributed by atoms with Crippen molar-refractivity contribution in [1.82, 2.24) is 0 Å². The number of ether oxygens (including phenoxy) is 1. The van der Waals surface area contributed by atoms with Crippen molar-refractivity contribution >= 4 is 0 Å². The first-order valence-corrected chi connectivity index (χ1v) is 7.17. The Morgan fingerprint density at radius 3 is 2.71 bits per heavy atom. The Labute approximate surface area is 124 Å². The van der Waals surface area contributed by atoms with Gasteiger partial charge in [-0.25, -0.2) is 4.39 Å². The number of fused-ring (bicyclic) bond motifs is 1. The van der Waals surface area contributed by atoms with E-state index in [1.165, 1.54) is 17.7 Å². The molecule has 0 aromatic heterocycles. The fourth-order valence-electron chi connectivity index (χ4n) is 3.21. The highest BCUT2D eigenvalue weighted by Gasteiger charge is 2.35. The SMILES string of the molecule is COc1ccc2c(c1)CC(O)(c1cc(F)ccc1C)CC2. The lowest BCUT2D eigenvalue weighted by Crippen LogP contribution is -2.34. The molecule has 3 heteroatoms. The van der Waals surface area contributed by atoms with Gasteiger partial charge in [0.1, 0.15) is 11.6 Å². The van der Waals surface area contributed by atoms with Crippen molar-refractivity contribution in [3.05, 3.63) is 64.5 Å². The number of benzene rings is 2. The summed E-state index contributed by atoms with van der Waals surface area (Å²) in [7, 11) is 1.63. The predicted molar refractivity (Wildman–Crippen MR) is 80.1 cm³/mol. The average molecular weight is 286 g/mol. The molecule has 110 valence electrons. The van der Waals surface area contributed by atoms with E-state index in [1.807, 2.05) is 25.1 Å². The van der Waals surface area contributed by atoms with Crippen LogP contribution in [-0.2, 0) is 18.4 Å². The van der Waals surface area contributed by atoms with Crippen LogP contribution in [0.1, 0.15) is 28.7 Å². The van der Waals surface area contributed by atoms with Gasteiger partial charge in [-0.05, 0) is 66.3 Å². The lowest BCUT2D eigenvalue weighted by atomic mass is 9.75. The van der Waals surface area contributed by atoms with E-state index in [4.69, 9.17) is 4.74 Å². The van der Waals surface area contributed by atoms with Crippen molar-refractivity contribution in [2.75, 3.05) is 7.11 Å². The molecule has 3 rings (SSSR count). The molecule has 0 bridgehead atoms. The van der Waals surface area contributed by atoms with Gasteiger partial charge in [0.15, 0.2) is 0 Å². The molecule has 1 aliphatic rings. The summed E-state index contributed by atoms with van der Waals surface area (Å²) in [5.74, 6) is 0.481. The third kappa shape index (κ3) is 2.54. The average Bonchev–Trinajstić information content (AvgIpc) is 2.48. The highest BCUT2D eigenvalue weighted by atomic mass is 19.1. The van der Waals surface area contributed by atoms with E-state index in [1.54, 1.807) is 13.2 Å². The summed E-state index contributed by atoms with van der Waals surface area (Å²) < 4.78 is 18.8. The van der Waals surface area contributed by atoms with Crippen LogP contribution in [0.15, 0.2) is 36.4 Å². The zero-order chi connectivity index (χ0) is 15.0. The number of rotatable bonds is 2. The fraction of sp³-hybridized carbons (Fsp3) is 0.333. The van der Waals surface area contributed by atoms with Gasteiger partial charge in [0.25, 0.3) is 0 Å². The molecule has 21 heavy (non-hydrogen) atoms. The van der Waals surface area contributed by atoms with E-state index in [9.17, 15) is 9.50 Å². The minimum atomic E-state index is -1.01. The molecule has 0 spiro atoms. The topological polar surface area (TPSA) is 29.5 Å². The second-order valence-corrected chi connectivity index (χ2v) is 5.80. The summed E-state index contributed by atoms with van der Waals surface area (Å²) in [5.41, 5.74) is 2.91. The van der Waals surface area contributed by atoms with Crippen molar-refractivity contribution in [3.63, 3.8) is 0 Å². The lowest BCUT2D eigenvalue weighted by Gasteiger charge is -2.35. The van der Waals surface area contributed by atoms with Crippen LogP contribution in [0.5, 0.6) is 5.75 Å². The second kappa shape index (κ2) is 5.15. The number of aryl methyl sites for hydroxylation is 2. The molecule has 0 aliphatic heterocycles. The summed E-state index contributed by atoms with van der Waals surface area (Å²) in [6.07, 6.45) is 1.88. The molecule has 2 aromatic carbocycles. The molecule has 0 fully saturated rings. The van der Waals surface area contributed by atoms with Crippen LogP contribution in [0.4, 0.5) is 4.39 Å². The van der Waals surface area contributed by atoms with Crippen LogP contribution in [0.2, 0.25) is 0 Å². The molecule has 0 saturated heterocycles. The molecular weight excluding hydrogens is 267 g/mol. The first kappa shape index (κ1) is 14.1. The van der Waals surface area contributed by atoms with Gasteiger partial charge in [0.2, 0.25) is 0 Å². The molecule has 1 unspecified atom stereocenters. The molecule has 1 N–H and O–H groups in total. The summed E-state index contributed by atoms with van der Waals surface area (Å²) in [4.78, 5) is 0. The van der Waals surface area contributed by atoms with E-state index in [0.717, 1.165) is 23.3 Å². The van der Waals surface area contributed by atoms with Crippen molar-refractivity contribution in [1.29, 1.82) is 0 Å². The maximum Gasteiger partial charge on any atom is 0.123 e. The third-order valence-electron chi connectivity index (χ3n) is 4.41. The third-order valence-corrected chi connectivity index (χ3v) is 4.41. The Hall–Kier alpha value is -1.87. The van der Waals surface area contributed by atoms with E-state index >= 15 is 0 Å². The van der Waals surface area contributed by atoms with Gasteiger partial charge >= 0.3 is 0 Å². The zero-order valence-electron chi connectivity index (χ0n) is 12.3. The first-order valence-electron chi connectivity index (χ1n) is 7.17. The van der Waals surface area contributed by atoms with Gasteiger partial charge in [-0.15, -0.1) is 0 Å². The van der Waals surface area contributed by atoms with Crippen LogP contribution in [-0.4, -0.2) is 12.2 Å². The molecule has 0 saturated carbocycles. The van der Waals surface area contributed by atoms with Crippen LogP contribution >= 0.6 is 0 Å². The highest BCUT2D eigenvalue weighted by Crippen LogP contribution is 2.39. The maximum absolute atomic E-state index is 13.6. The first-order chi connectivity index (χ1) is 10.0. The molecule has 1 aliphatic carbocycles. The molecule has 0 radical (unpaired) electrons. The predicted octanol–water partition coefficient (Wildman–Crippen LogP) is 3.52. The maximum atomic E-state index is 13.6. The van der Waals surface area contributed by atoms with Crippen LogP contribution in [0, 0.1) is 12.7 Å². The van der Waals surface area contributed by atoms with Gasteiger partial charge in [-0.2, -0.15) is 0 Å². The van der Waals surface area contributed by atoms with Gasteiger partial charge in [0.05, 0.1) is 12.7 Å². The minimum absolute atomic E-state index is 0.305. The molecule has 2 nitrogen and oxygen atoms in total. The quantitative estimate of drug-likeness (QED) is 0.915. The standard InChI is InChI=1S/C18H19FO2/c1-12-3-5-15(19)10-17(12)18(20)8-7-13-4-6-16(21-2)9-14(13)11-18/h3-6,9-10,20H,7-8,11H2,1-2H3. The molecular formula is C18H19FO2. The summed E-state index contributed by atoms with van der Waals surface area (Å²) in [6.45, 7) is 1.91. The Morgan fingerprint density at radius 1 is 1.14 bits per heavy atom. The Morgan fingerprint density at radius 2 is 1.95 bits per heavy atom. The highest BCUT2D eigenvalue weighted by molar-refractivity contribution is 5.42. The van der Waals surface area contributed by atoms with E-state index in [0.29, 0.717) is 18.4 Å². The Kier molecular flexibility index (Phi) is 3.46. The number of aliphatic hydroxyl groups is 1. The molecule has 2 aromatic rings. The van der Waals surface area contributed by atoms with E-state index < -0.39 is 5.60 Å². The Balaban J connectivity index is 2.02. The van der Waals surface area contributed by atoms with Gasteiger partial charge in [-0.3, -0.25) is 0 Å². The normalized spacial score (nSPS) is 21.0. The molecule has 1 atom stereocenters. The van der Waals surface area contributed by atoms with Crippen molar-refractivity contribution < 1.29 is 14.2 Å². The van der Waals surface area contributed by atoms with Gasteiger partial charge in [-0.1, -0.05) is 12.1 Å². The molecule has 0 heterocycles. The van der Waals surface area contributed by atoms with Crippen molar-refractivity contribution in [3.8, 4) is 5.75 Å². The number of halogens is 1. The van der Waals surface area contributed by atoms with Gasteiger partial charge < -0.3 is 9.84 Å². The number of hydrogen-bond donors (Lipinski definition) is 1. The number of hydrogen-bond acceptors (Lipinski definition) is 2. The largest absolute Gasteiger partial charge is 0.497 e. The zero-order valence-corrected chi connectivity index (χ0v) is 12.3. The fourth-order valence-corrected chi connectivity index (χ4v) is 3.21. The monoisotopic (exact) mass is 286 g/mol. The van der Waals surface area contributed by atoms with Crippen molar-refractivity contribution in [2.24, 2.45) is 0 Å². The summed E-state index contributed by atoms with van der Waals surface area (Å²) in [5, 5.41) is 11.1. The minimum Gasteiger partial charge on any atom is -0.497 e. The summed E-state index contributed by atoms with van der Waals surface area (Å²) in [6, 6.07) is 10.6. The lowest BCUT2D eigenvalue weighted by molar-refractivity contribution is 0.0213. The molecule has 0 amide bonds. The van der Waals surface area contributed by atoms with Crippen LogP contribution in [0.25, 0.3) is 0 Å². The van der Waals surface area contributed by atoms with Crippen molar-refractivity contribution in [2.45, 2.75) is 31.8 Å².